The minimum atomic E-state index is -0.832. The van der Waals surface area contributed by atoms with Crippen molar-refractivity contribution in [3.63, 3.8) is 0 Å². The Morgan fingerprint density at radius 2 is 1.70 bits per heavy atom. The van der Waals surface area contributed by atoms with E-state index in [2.05, 4.69) is 35.7 Å². The summed E-state index contributed by atoms with van der Waals surface area (Å²) in [5.41, 5.74) is 6.38. The molecule has 0 saturated carbocycles. The summed E-state index contributed by atoms with van der Waals surface area (Å²) in [6.45, 7) is 1.80. The summed E-state index contributed by atoms with van der Waals surface area (Å²) < 4.78 is 7.07. The van der Waals surface area contributed by atoms with Crippen LogP contribution in [0.3, 0.4) is 0 Å². The summed E-state index contributed by atoms with van der Waals surface area (Å²) in [6.07, 6.45) is 7.22. The quantitative estimate of drug-likeness (QED) is 0.605. The Morgan fingerprint density at radius 1 is 1.04 bits per heavy atom. The second-order valence-electron chi connectivity index (χ2n) is 5.28. The second kappa shape index (κ2) is 7.68. The van der Waals surface area contributed by atoms with E-state index in [1.165, 1.54) is 4.35 Å². The molecular weight excluding hydrogens is 347 g/mol. The molecular formula is C19H17AsN2O. The molecule has 114 valence electrons. The van der Waals surface area contributed by atoms with Crippen molar-refractivity contribution in [2.45, 2.75) is 18.3 Å². The molecule has 1 aromatic carbocycles. The van der Waals surface area contributed by atoms with Crippen LogP contribution >= 0.6 is 0 Å². The van der Waals surface area contributed by atoms with Crippen LogP contribution in [0, 0.1) is 22.7 Å². The molecule has 1 aromatic rings. The molecule has 0 N–H and O–H groups in total. The molecule has 1 aliphatic heterocycles. The van der Waals surface area contributed by atoms with Crippen LogP contribution in [0.25, 0.3) is 6.08 Å². The van der Waals surface area contributed by atoms with Crippen molar-refractivity contribution in [3.05, 3.63) is 70.7 Å². The zero-order valence-electron chi connectivity index (χ0n) is 13.4. The van der Waals surface area contributed by atoms with Gasteiger partial charge in [-0.25, -0.2) is 0 Å². The van der Waals surface area contributed by atoms with Crippen molar-refractivity contribution in [1.82, 2.24) is 0 Å². The van der Waals surface area contributed by atoms with Gasteiger partial charge in [-0.3, -0.25) is 0 Å². The van der Waals surface area contributed by atoms with Gasteiger partial charge < -0.3 is 0 Å². The third-order valence-electron chi connectivity index (χ3n) is 3.30. The van der Waals surface area contributed by atoms with E-state index < -0.39 is 14.7 Å². The van der Waals surface area contributed by atoms with Crippen LogP contribution in [0.4, 0.5) is 0 Å². The molecule has 4 heteroatoms. The van der Waals surface area contributed by atoms with Gasteiger partial charge in [0.1, 0.15) is 0 Å². The minimum absolute atomic E-state index is 0.0880. The number of hydrogen-bond acceptors (Lipinski definition) is 3. The first-order chi connectivity index (χ1) is 11.0. The number of nitriles is 2. The molecule has 1 aliphatic rings. The average molecular weight is 364 g/mol. The van der Waals surface area contributed by atoms with Crippen molar-refractivity contribution < 1.29 is 4.74 Å². The van der Waals surface area contributed by atoms with E-state index >= 15 is 0 Å². The maximum absolute atomic E-state index is 8.99. The van der Waals surface area contributed by atoms with Gasteiger partial charge in [0.2, 0.25) is 0 Å². The van der Waals surface area contributed by atoms with E-state index in [9.17, 15) is 0 Å². The van der Waals surface area contributed by atoms with E-state index in [4.69, 9.17) is 15.3 Å². The van der Waals surface area contributed by atoms with Crippen molar-refractivity contribution >= 4 is 25.1 Å². The molecule has 0 amide bonds. The van der Waals surface area contributed by atoms with Crippen LogP contribution in [0.2, 0.25) is 11.4 Å². The van der Waals surface area contributed by atoms with E-state index in [-0.39, 0.29) is 5.57 Å². The maximum atomic E-state index is 8.99. The predicted molar refractivity (Wildman–Crippen MR) is 93.8 cm³/mol. The van der Waals surface area contributed by atoms with Gasteiger partial charge in [-0.05, 0) is 0 Å². The summed E-state index contributed by atoms with van der Waals surface area (Å²) in [6, 6.07) is 12.4. The molecule has 0 unspecified atom stereocenters. The molecule has 2 rings (SSSR count). The molecule has 0 spiro atoms. The Kier molecular flexibility index (Phi) is 5.64. The summed E-state index contributed by atoms with van der Waals surface area (Å²) >= 11 is -0.832. The molecule has 0 bridgehead atoms. The summed E-state index contributed by atoms with van der Waals surface area (Å²) in [5.74, 6) is 1.28. The van der Waals surface area contributed by atoms with Crippen molar-refractivity contribution in [2.75, 3.05) is 0 Å². The van der Waals surface area contributed by atoms with Gasteiger partial charge in [0.25, 0.3) is 0 Å². The SMILES string of the molecule is CC1=CC(=C(C#N)C#N)C=C(/C=C/c2ccc([As](C)C)cc2)O1. The number of nitrogens with zero attached hydrogens (tertiary/aromatic N) is 2. The van der Waals surface area contributed by atoms with E-state index in [1.54, 1.807) is 19.1 Å². The van der Waals surface area contributed by atoms with E-state index in [0.29, 0.717) is 17.1 Å². The van der Waals surface area contributed by atoms with Crippen LogP contribution in [0.5, 0.6) is 0 Å². The van der Waals surface area contributed by atoms with Crippen molar-refractivity contribution in [3.8, 4) is 12.1 Å². The summed E-state index contributed by atoms with van der Waals surface area (Å²) in [4.78, 5) is 0. The van der Waals surface area contributed by atoms with Crippen LogP contribution in [-0.2, 0) is 4.74 Å². The van der Waals surface area contributed by atoms with Crippen LogP contribution in [0.15, 0.2) is 65.2 Å². The van der Waals surface area contributed by atoms with Gasteiger partial charge in [-0.15, -0.1) is 0 Å². The second-order valence-corrected chi connectivity index (χ2v) is 10.1. The van der Waals surface area contributed by atoms with Gasteiger partial charge in [-0.1, -0.05) is 0 Å². The van der Waals surface area contributed by atoms with Crippen LogP contribution in [0.1, 0.15) is 12.5 Å². The number of benzene rings is 1. The number of allylic oxidation sites excluding steroid dienone is 6. The Balaban J connectivity index is 2.24. The molecule has 1 heterocycles. The van der Waals surface area contributed by atoms with Crippen LogP contribution < -0.4 is 4.35 Å². The zero-order chi connectivity index (χ0) is 16.8. The number of rotatable bonds is 3. The first-order valence-corrected chi connectivity index (χ1v) is 11.8. The Bertz CT molecular complexity index is 781. The third-order valence-corrected chi connectivity index (χ3v) is 6.09. The monoisotopic (exact) mass is 364 g/mol. The first-order valence-electron chi connectivity index (χ1n) is 7.11. The van der Waals surface area contributed by atoms with Gasteiger partial charge in [0.05, 0.1) is 0 Å². The molecule has 3 nitrogen and oxygen atoms in total. The van der Waals surface area contributed by atoms with Gasteiger partial charge in [0.15, 0.2) is 0 Å². The topological polar surface area (TPSA) is 56.8 Å². The fourth-order valence-electron chi connectivity index (χ4n) is 2.10. The fraction of sp³-hybridized carbons (Fsp3) is 0.158. The molecule has 23 heavy (non-hydrogen) atoms. The molecule has 0 fully saturated rings. The Labute approximate surface area is 141 Å². The summed E-state index contributed by atoms with van der Waals surface area (Å²) in [5, 5.41) is 18.0. The number of hydrogen-bond donors (Lipinski definition) is 0. The molecule has 0 radical (unpaired) electrons. The van der Waals surface area contributed by atoms with Crippen molar-refractivity contribution in [1.29, 1.82) is 10.5 Å². The molecule has 0 atom stereocenters. The average Bonchev–Trinajstić information content (AvgIpc) is 2.54. The summed E-state index contributed by atoms with van der Waals surface area (Å²) in [7, 11) is 0. The third kappa shape index (κ3) is 4.49. The normalized spacial score (nSPS) is 13.9. The van der Waals surface area contributed by atoms with Crippen molar-refractivity contribution in [2.24, 2.45) is 0 Å². The van der Waals surface area contributed by atoms with Crippen LogP contribution in [-0.4, -0.2) is 14.7 Å². The Hall–Kier alpha value is -2.48. The van der Waals surface area contributed by atoms with Gasteiger partial charge >= 0.3 is 142 Å². The zero-order valence-corrected chi connectivity index (χ0v) is 15.2. The van der Waals surface area contributed by atoms with Gasteiger partial charge in [0, 0.05) is 0 Å². The number of ether oxygens (including phenoxy) is 1. The predicted octanol–water partition coefficient (Wildman–Crippen LogP) is 3.82. The standard InChI is InChI=1S/C19H17AsN2O/c1-14-10-16(17(12-21)13-22)11-19(23-14)9-6-15-4-7-18(8-5-15)20(2)3/h4-11H,1-3H3/b9-6+. The molecule has 0 aromatic heterocycles. The molecule has 0 aliphatic carbocycles. The van der Waals surface area contributed by atoms with E-state index in [1.807, 2.05) is 24.3 Å². The van der Waals surface area contributed by atoms with Gasteiger partial charge in [-0.2, -0.15) is 0 Å². The van der Waals surface area contributed by atoms with E-state index in [0.717, 1.165) is 5.56 Å². The first kappa shape index (κ1) is 16.9. The fourth-order valence-corrected chi connectivity index (χ4v) is 3.67. The Morgan fingerprint density at radius 3 is 2.26 bits per heavy atom. The molecule has 0 saturated heterocycles.